The molecular formula is C14H17N5S. The number of nitrogens with one attached hydrogen (secondary N) is 1. The first kappa shape index (κ1) is 12.3. The highest BCUT2D eigenvalue weighted by molar-refractivity contribution is 7.99. The lowest BCUT2D eigenvalue weighted by Gasteiger charge is -2.05. The van der Waals surface area contributed by atoms with Crippen molar-refractivity contribution in [1.29, 1.82) is 0 Å². The number of rotatable bonds is 6. The van der Waals surface area contributed by atoms with E-state index in [0.717, 1.165) is 17.7 Å². The Labute approximate surface area is 122 Å². The zero-order chi connectivity index (χ0) is 13.4. The average Bonchev–Trinajstić information content (AvgIpc) is 3.39. The van der Waals surface area contributed by atoms with Crippen LogP contribution in [0.15, 0.2) is 34.3 Å². The fourth-order valence-corrected chi connectivity index (χ4v) is 2.97. The largest absolute Gasteiger partial charge is 0.310 e. The van der Waals surface area contributed by atoms with E-state index in [1.165, 1.54) is 36.1 Å². The highest BCUT2D eigenvalue weighted by Gasteiger charge is 2.28. The Morgan fingerprint density at radius 3 is 2.65 bits per heavy atom. The summed E-state index contributed by atoms with van der Waals surface area (Å²) >= 11 is 1.64. The molecule has 104 valence electrons. The first-order valence-electron chi connectivity index (χ1n) is 7.16. The van der Waals surface area contributed by atoms with Gasteiger partial charge in [-0.3, -0.25) is 0 Å². The molecule has 1 N–H and O–H groups in total. The molecule has 20 heavy (non-hydrogen) atoms. The third kappa shape index (κ3) is 2.86. The van der Waals surface area contributed by atoms with Crippen LogP contribution in [0, 0.1) is 0 Å². The lowest BCUT2D eigenvalue weighted by atomic mass is 10.2. The molecule has 1 aromatic carbocycles. The Hall–Kier alpha value is -1.40. The van der Waals surface area contributed by atoms with Gasteiger partial charge in [0.05, 0.1) is 6.04 Å². The maximum Gasteiger partial charge on any atom is 0.214 e. The van der Waals surface area contributed by atoms with Crippen LogP contribution in [0.3, 0.4) is 0 Å². The summed E-state index contributed by atoms with van der Waals surface area (Å²) in [5.41, 5.74) is 1.34. The second-order valence-electron chi connectivity index (χ2n) is 5.54. The molecule has 0 saturated heterocycles. The zero-order valence-corrected chi connectivity index (χ0v) is 12.0. The molecule has 1 heterocycles. The Kier molecular flexibility index (Phi) is 3.20. The van der Waals surface area contributed by atoms with E-state index in [2.05, 4.69) is 45.1 Å². The van der Waals surface area contributed by atoms with Gasteiger partial charge in [0.25, 0.3) is 0 Å². The van der Waals surface area contributed by atoms with Crippen molar-refractivity contribution < 1.29 is 0 Å². The van der Waals surface area contributed by atoms with Crippen molar-refractivity contribution in [3.8, 4) is 0 Å². The van der Waals surface area contributed by atoms with Crippen LogP contribution >= 0.6 is 11.8 Å². The van der Waals surface area contributed by atoms with Crippen LogP contribution in [-0.2, 0) is 6.54 Å². The van der Waals surface area contributed by atoms with Gasteiger partial charge < -0.3 is 5.32 Å². The fourth-order valence-electron chi connectivity index (χ4n) is 2.13. The molecule has 0 bridgehead atoms. The molecule has 0 atom stereocenters. The number of hydrogen-bond donors (Lipinski definition) is 1. The summed E-state index contributed by atoms with van der Waals surface area (Å²) in [5, 5.41) is 16.4. The predicted molar refractivity (Wildman–Crippen MR) is 76.5 cm³/mol. The van der Waals surface area contributed by atoms with E-state index in [1.54, 1.807) is 11.8 Å². The second kappa shape index (κ2) is 5.18. The van der Waals surface area contributed by atoms with Crippen LogP contribution < -0.4 is 5.32 Å². The normalized spacial score (nSPS) is 18.4. The molecule has 2 aliphatic carbocycles. The molecule has 0 spiro atoms. The first-order valence-corrected chi connectivity index (χ1v) is 7.98. The van der Waals surface area contributed by atoms with Crippen LogP contribution in [0.4, 0.5) is 0 Å². The maximum absolute atomic E-state index is 4.12. The fraction of sp³-hybridized carbons (Fsp3) is 0.500. The minimum absolute atomic E-state index is 0.523. The topological polar surface area (TPSA) is 55.6 Å². The van der Waals surface area contributed by atoms with Crippen molar-refractivity contribution in [2.24, 2.45) is 0 Å². The average molecular weight is 287 g/mol. The summed E-state index contributed by atoms with van der Waals surface area (Å²) in [6.07, 6.45) is 5.06. The number of benzene rings is 1. The van der Waals surface area contributed by atoms with Gasteiger partial charge >= 0.3 is 0 Å². The molecule has 2 saturated carbocycles. The van der Waals surface area contributed by atoms with Crippen molar-refractivity contribution in [3.63, 3.8) is 0 Å². The minimum Gasteiger partial charge on any atom is -0.310 e. The van der Waals surface area contributed by atoms with E-state index >= 15 is 0 Å². The summed E-state index contributed by atoms with van der Waals surface area (Å²) in [6, 6.07) is 9.95. The molecule has 2 aromatic rings. The number of nitrogens with zero attached hydrogens (tertiary/aromatic N) is 4. The van der Waals surface area contributed by atoms with Gasteiger partial charge in [0, 0.05) is 17.5 Å². The molecule has 0 amide bonds. The molecule has 2 aliphatic rings. The van der Waals surface area contributed by atoms with Crippen molar-refractivity contribution in [2.45, 2.75) is 54.4 Å². The Balaban J connectivity index is 1.41. The number of aromatic nitrogens is 4. The van der Waals surface area contributed by atoms with Crippen LogP contribution in [0.2, 0.25) is 0 Å². The highest BCUT2D eigenvalue weighted by atomic mass is 32.2. The quantitative estimate of drug-likeness (QED) is 0.884. The summed E-state index contributed by atoms with van der Waals surface area (Å²) in [7, 11) is 0. The van der Waals surface area contributed by atoms with Gasteiger partial charge in [0.1, 0.15) is 0 Å². The van der Waals surface area contributed by atoms with E-state index in [-0.39, 0.29) is 0 Å². The van der Waals surface area contributed by atoms with E-state index < -0.39 is 0 Å². The Morgan fingerprint density at radius 1 is 1.15 bits per heavy atom. The molecule has 4 rings (SSSR count). The van der Waals surface area contributed by atoms with E-state index in [4.69, 9.17) is 0 Å². The highest BCUT2D eigenvalue weighted by Crippen LogP contribution is 2.37. The third-order valence-corrected chi connectivity index (χ3v) is 4.62. The lowest BCUT2D eigenvalue weighted by molar-refractivity contribution is 0.565. The molecule has 0 aliphatic heterocycles. The van der Waals surface area contributed by atoms with Crippen molar-refractivity contribution in [1.82, 2.24) is 25.5 Å². The van der Waals surface area contributed by atoms with E-state index in [1.807, 2.05) is 4.68 Å². The number of hydrogen-bond acceptors (Lipinski definition) is 5. The Morgan fingerprint density at radius 2 is 1.95 bits per heavy atom. The third-order valence-electron chi connectivity index (χ3n) is 3.66. The molecule has 6 heteroatoms. The summed E-state index contributed by atoms with van der Waals surface area (Å²) in [5.74, 6) is 0. The molecule has 5 nitrogen and oxygen atoms in total. The van der Waals surface area contributed by atoms with Gasteiger partial charge in [0.15, 0.2) is 0 Å². The second-order valence-corrected chi connectivity index (χ2v) is 6.58. The standard InChI is InChI=1S/C14H17N5S/c1-7-13(8-2-10(1)9-15-11-3-4-11)20-14-16-17-18-19(14)12-5-6-12/h1-2,7-8,11-12,15H,3-6,9H2. The summed E-state index contributed by atoms with van der Waals surface area (Å²) < 4.78 is 1.95. The molecule has 0 unspecified atom stereocenters. The molecular weight excluding hydrogens is 270 g/mol. The van der Waals surface area contributed by atoms with Crippen LogP contribution in [0.5, 0.6) is 0 Å². The Bertz CT molecular complexity index is 586. The monoisotopic (exact) mass is 287 g/mol. The van der Waals surface area contributed by atoms with Crippen LogP contribution in [-0.4, -0.2) is 26.2 Å². The van der Waals surface area contributed by atoms with Gasteiger partial charge in [-0.1, -0.05) is 12.1 Å². The molecule has 1 aromatic heterocycles. The van der Waals surface area contributed by atoms with Gasteiger partial charge in [0.2, 0.25) is 5.16 Å². The van der Waals surface area contributed by atoms with Crippen LogP contribution in [0.1, 0.15) is 37.3 Å². The molecule has 0 radical (unpaired) electrons. The van der Waals surface area contributed by atoms with Crippen LogP contribution in [0.25, 0.3) is 0 Å². The first-order chi connectivity index (χ1) is 9.88. The summed E-state index contributed by atoms with van der Waals surface area (Å²) in [6.45, 7) is 0.968. The predicted octanol–water partition coefficient (Wildman–Crippen LogP) is 2.41. The van der Waals surface area contributed by atoms with Crippen molar-refractivity contribution in [3.05, 3.63) is 29.8 Å². The maximum atomic E-state index is 4.12. The van der Waals surface area contributed by atoms with Gasteiger partial charge in [-0.2, -0.15) is 0 Å². The van der Waals surface area contributed by atoms with Gasteiger partial charge in [-0.05, 0) is 65.6 Å². The summed E-state index contributed by atoms with van der Waals surface area (Å²) in [4.78, 5) is 1.19. The van der Waals surface area contributed by atoms with Gasteiger partial charge in [-0.15, -0.1) is 5.10 Å². The SMILES string of the molecule is c1cc(Sc2nnnn2C2CC2)ccc1CNC1CC1. The van der Waals surface area contributed by atoms with E-state index in [0.29, 0.717) is 6.04 Å². The van der Waals surface area contributed by atoms with Gasteiger partial charge in [-0.25, -0.2) is 4.68 Å². The van der Waals surface area contributed by atoms with E-state index in [9.17, 15) is 0 Å². The number of tetrazole rings is 1. The molecule has 2 fully saturated rings. The zero-order valence-electron chi connectivity index (χ0n) is 11.2. The smallest absolute Gasteiger partial charge is 0.214 e. The minimum atomic E-state index is 0.523. The lowest BCUT2D eigenvalue weighted by Crippen LogP contribution is -2.14. The van der Waals surface area contributed by atoms with Crippen molar-refractivity contribution in [2.75, 3.05) is 0 Å². The van der Waals surface area contributed by atoms with Crippen molar-refractivity contribution >= 4 is 11.8 Å².